The summed E-state index contributed by atoms with van der Waals surface area (Å²) < 4.78 is 0. The number of aromatic nitrogens is 1. The molecule has 1 N–H and O–H groups in total. The second-order valence-corrected chi connectivity index (χ2v) is 4.09. The van der Waals surface area contributed by atoms with E-state index in [9.17, 15) is 4.79 Å². The van der Waals surface area contributed by atoms with Crippen LogP contribution in [-0.2, 0) is 11.2 Å². The van der Waals surface area contributed by atoms with Gasteiger partial charge in [0.15, 0.2) is 0 Å². The van der Waals surface area contributed by atoms with E-state index in [0.29, 0.717) is 11.6 Å². The number of aryl methyl sites for hydroxylation is 2. The molecule has 0 amide bonds. The SMILES string of the molecule is Cc1cc(CCC(C)C(=O)O)cnc1Cl. The second-order valence-electron chi connectivity index (χ2n) is 3.73. The average Bonchev–Trinajstić information content (AvgIpc) is 2.19. The Kier molecular flexibility index (Phi) is 4.09. The van der Waals surface area contributed by atoms with Crippen molar-refractivity contribution in [1.29, 1.82) is 0 Å². The first-order chi connectivity index (χ1) is 7.00. The van der Waals surface area contributed by atoms with Crippen molar-refractivity contribution in [3.63, 3.8) is 0 Å². The first kappa shape index (κ1) is 12.0. The molecular formula is C11H14ClNO2. The van der Waals surface area contributed by atoms with E-state index in [0.717, 1.165) is 17.5 Å². The zero-order chi connectivity index (χ0) is 11.4. The summed E-state index contributed by atoms with van der Waals surface area (Å²) in [6, 6.07) is 1.95. The van der Waals surface area contributed by atoms with Gasteiger partial charge in [-0.2, -0.15) is 0 Å². The van der Waals surface area contributed by atoms with Crippen LogP contribution < -0.4 is 0 Å². The van der Waals surface area contributed by atoms with Crippen LogP contribution in [0.15, 0.2) is 12.3 Å². The molecule has 0 fully saturated rings. The largest absolute Gasteiger partial charge is 0.481 e. The van der Waals surface area contributed by atoms with Gasteiger partial charge in [0.2, 0.25) is 0 Å². The Hall–Kier alpha value is -1.09. The first-order valence-corrected chi connectivity index (χ1v) is 5.22. The monoisotopic (exact) mass is 227 g/mol. The summed E-state index contributed by atoms with van der Waals surface area (Å²) in [5.74, 6) is -1.07. The van der Waals surface area contributed by atoms with Crippen molar-refractivity contribution in [2.24, 2.45) is 5.92 Å². The summed E-state index contributed by atoms with van der Waals surface area (Å²) in [5, 5.41) is 9.23. The summed E-state index contributed by atoms with van der Waals surface area (Å²) >= 11 is 5.79. The van der Waals surface area contributed by atoms with E-state index < -0.39 is 5.97 Å². The van der Waals surface area contributed by atoms with Gasteiger partial charge >= 0.3 is 5.97 Å². The molecule has 1 heterocycles. The highest BCUT2D eigenvalue weighted by Gasteiger charge is 2.10. The number of hydrogen-bond acceptors (Lipinski definition) is 2. The number of halogens is 1. The van der Waals surface area contributed by atoms with Crippen molar-refractivity contribution in [1.82, 2.24) is 4.98 Å². The number of carboxylic acids is 1. The van der Waals surface area contributed by atoms with E-state index in [2.05, 4.69) is 4.98 Å². The minimum Gasteiger partial charge on any atom is -0.481 e. The van der Waals surface area contributed by atoms with E-state index >= 15 is 0 Å². The topological polar surface area (TPSA) is 50.2 Å². The molecule has 1 atom stereocenters. The van der Waals surface area contributed by atoms with Crippen LogP contribution >= 0.6 is 11.6 Å². The summed E-state index contributed by atoms with van der Waals surface area (Å²) in [4.78, 5) is 14.6. The van der Waals surface area contributed by atoms with E-state index in [1.54, 1.807) is 13.1 Å². The molecule has 15 heavy (non-hydrogen) atoms. The first-order valence-electron chi connectivity index (χ1n) is 4.84. The molecule has 1 aromatic rings. The number of nitrogens with zero attached hydrogens (tertiary/aromatic N) is 1. The Morgan fingerprint density at radius 3 is 2.87 bits per heavy atom. The molecule has 0 bridgehead atoms. The third kappa shape index (κ3) is 3.51. The van der Waals surface area contributed by atoms with Crippen molar-refractivity contribution >= 4 is 17.6 Å². The summed E-state index contributed by atoms with van der Waals surface area (Å²) in [6.45, 7) is 3.60. The van der Waals surface area contributed by atoms with Crippen LogP contribution in [0, 0.1) is 12.8 Å². The van der Waals surface area contributed by atoms with Crippen LogP contribution in [-0.4, -0.2) is 16.1 Å². The fourth-order valence-electron chi connectivity index (χ4n) is 1.26. The van der Waals surface area contributed by atoms with Gasteiger partial charge in [-0.05, 0) is 30.9 Å². The predicted molar refractivity (Wildman–Crippen MR) is 59.1 cm³/mol. The average molecular weight is 228 g/mol. The number of carbonyl (C=O) groups is 1. The lowest BCUT2D eigenvalue weighted by molar-refractivity contribution is -0.141. The number of aliphatic carboxylic acids is 1. The van der Waals surface area contributed by atoms with Crippen LogP contribution in [0.2, 0.25) is 5.15 Å². The molecule has 0 aliphatic carbocycles. The molecule has 0 aliphatic heterocycles. The fourth-order valence-corrected chi connectivity index (χ4v) is 1.36. The molecule has 1 aromatic heterocycles. The normalized spacial score (nSPS) is 12.5. The minimum atomic E-state index is -0.756. The molecule has 1 unspecified atom stereocenters. The third-order valence-corrected chi connectivity index (χ3v) is 2.75. The molecule has 4 heteroatoms. The highest BCUT2D eigenvalue weighted by Crippen LogP contribution is 2.15. The number of rotatable bonds is 4. The maximum Gasteiger partial charge on any atom is 0.306 e. The Labute approximate surface area is 94.1 Å². The van der Waals surface area contributed by atoms with E-state index in [1.807, 2.05) is 13.0 Å². The van der Waals surface area contributed by atoms with Crippen LogP contribution in [0.3, 0.4) is 0 Å². The Bertz CT molecular complexity index is 366. The second kappa shape index (κ2) is 5.12. The summed E-state index contributed by atoms with van der Waals surface area (Å²) in [5.41, 5.74) is 1.96. The Morgan fingerprint density at radius 2 is 2.33 bits per heavy atom. The van der Waals surface area contributed by atoms with Gasteiger partial charge in [-0.25, -0.2) is 4.98 Å². The van der Waals surface area contributed by atoms with Gasteiger partial charge in [0.25, 0.3) is 0 Å². The Morgan fingerprint density at radius 1 is 1.67 bits per heavy atom. The summed E-state index contributed by atoms with van der Waals surface area (Å²) in [7, 11) is 0. The molecule has 0 saturated heterocycles. The zero-order valence-corrected chi connectivity index (χ0v) is 9.58. The number of carboxylic acid groups (broad SMARTS) is 1. The van der Waals surface area contributed by atoms with E-state index in [4.69, 9.17) is 16.7 Å². The molecule has 0 radical (unpaired) electrons. The fraction of sp³-hybridized carbons (Fsp3) is 0.455. The van der Waals surface area contributed by atoms with Crippen molar-refractivity contribution in [3.8, 4) is 0 Å². The number of hydrogen-bond donors (Lipinski definition) is 1. The molecular weight excluding hydrogens is 214 g/mol. The molecule has 82 valence electrons. The minimum absolute atomic E-state index is 0.319. The third-order valence-electron chi connectivity index (χ3n) is 2.36. The zero-order valence-electron chi connectivity index (χ0n) is 8.83. The lowest BCUT2D eigenvalue weighted by Crippen LogP contribution is -2.10. The van der Waals surface area contributed by atoms with Gasteiger partial charge in [0, 0.05) is 6.20 Å². The maximum absolute atomic E-state index is 10.6. The quantitative estimate of drug-likeness (QED) is 0.805. The van der Waals surface area contributed by atoms with Gasteiger partial charge in [0.1, 0.15) is 5.15 Å². The molecule has 0 aliphatic rings. The van der Waals surface area contributed by atoms with E-state index in [1.165, 1.54) is 0 Å². The summed E-state index contributed by atoms with van der Waals surface area (Å²) in [6.07, 6.45) is 3.04. The van der Waals surface area contributed by atoms with Crippen molar-refractivity contribution in [2.75, 3.05) is 0 Å². The van der Waals surface area contributed by atoms with Crippen molar-refractivity contribution in [3.05, 3.63) is 28.5 Å². The number of pyridine rings is 1. The molecule has 3 nitrogen and oxygen atoms in total. The predicted octanol–water partition coefficient (Wildman–Crippen LogP) is 2.70. The van der Waals surface area contributed by atoms with Gasteiger partial charge in [-0.15, -0.1) is 0 Å². The van der Waals surface area contributed by atoms with Gasteiger partial charge in [-0.1, -0.05) is 24.6 Å². The highest BCUT2D eigenvalue weighted by molar-refractivity contribution is 6.30. The van der Waals surface area contributed by atoms with Gasteiger partial charge < -0.3 is 5.11 Å². The lowest BCUT2D eigenvalue weighted by atomic mass is 10.0. The standard InChI is InChI=1S/C11H14ClNO2/c1-7(11(14)15)3-4-9-5-8(2)10(12)13-6-9/h5-7H,3-4H2,1-2H3,(H,14,15). The lowest BCUT2D eigenvalue weighted by Gasteiger charge is -2.06. The highest BCUT2D eigenvalue weighted by atomic mass is 35.5. The Balaban J connectivity index is 2.58. The maximum atomic E-state index is 10.6. The molecule has 1 rings (SSSR count). The van der Waals surface area contributed by atoms with Crippen LogP contribution in [0.5, 0.6) is 0 Å². The molecule has 0 saturated carbocycles. The van der Waals surface area contributed by atoms with Crippen LogP contribution in [0.25, 0.3) is 0 Å². The van der Waals surface area contributed by atoms with E-state index in [-0.39, 0.29) is 5.92 Å². The van der Waals surface area contributed by atoms with Crippen LogP contribution in [0.1, 0.15) is 24.5 Å². The molecule has 0 aromatic carbocycles. The van der Waals surface area contributed by atoms with Gasteiger partial charge in [0.05, 0.1) is 5.92 Å². The molecule has 0 spiro atoms. The van der Waals surface area contributed by atoms with Crippen LogP contribution in [0.4, 0.5) is 0 Å². The van der Waals surface area contributed by atoms with Crippen molar-refractivity contribution in [2.45, 2.75) is 26.7 Å². The smallest absolute Gasteiger partial charge is 0.306 e. The van der Waals surface area contributed by atoms with Gasteiger partial charge in [-0.3, -0.25) is 4.79 Å². The van der Waals surface area contributed by atoms with Crippen molar-refractivity contribution < 1.29 is 9.90 Å².